The van der Waals surface area contributed by atoms with Gasteiger partial charge >= 0.3 is 6.18 Å². The fourth-order valence-electron chi connectivity index (χ4n) is 1.34. The molecule has 0 aliphatic heterocycles. The first kappa shape index (κ1) is 11.8. The molecule has 0 spiro atoms. The summed E-state index contributed by atoms with van der Waals surface area (Å²) < 4.78 is 37.5. The van der Waals surface area contributed by atoms with Gasteiger partial charge in [-0.25, -0.2) is 4.98 Å². The lowest BCUT2D eigenvalue weighted by Gasteiger charge is -2.07. The Labute approximate surface area is 99.3 Å². The SMILES string of the molecule is N=Cc1ncc(-c2cccc(C(F)(F)F)c2)s1. The normalized spacial score (nSPS) is 11.5. The number of nitrogens with zero attached hydrogens (tertiary/aromatic N) is 1. The van der Waals surface area contributed by atoms with E-state index in [1.165, 1.54) is 23.6 Å². The lowest BCUT2D eigenvalue weighted by Crippen LogP contribution is -2.04. The molecule has 0 atom stereocenters. The molecule has 0 radical (unpaired) electrons. The van der Waals surface area contributed by atoms with Crippen LogP contribution < -0.4 is 0 Å². The van der Waals surface area contributed by atoms with Gasteiger partial charge in [-0.2, -0.15) is 13.2 Å². The van der Waals surface area contributed by atoms with Crippen molar-refractivity contribution in [1.29, 1.82) is 5.41 Å². The van der Waals surface area contributed by atoms with E-state index in [0.29, 0.717) is 15.4 Å². The highest BCUT2D eigenvalue weighted by Gasteiger charge is 2.30. The monoisotopic (exact) mass is 256 g/mol. The van der Waals surface area contributed by atoms with E-state index in [2.05, 4.69) is 4.98 Å². The van der Waals surface area contributed by atoms with Crippen LogP contribution >= 0.6 is 11.3 Å². The molecule has 1 aromatic heterocycles. The van der Waals surface area contributed by atoms with E-state index in [-0.39, 0.29) is 0 Å². The van der Waals surface area contributed by atoms with Crippen LogP contribution in [0.25, 0.3) is 10.4 Å². The Kier molecular flexibility index (Phi) is 2.97. The molecule has 0 bridgehead atoms. The highest BCUT2D eigenvalue weighted by Crippen LogP contribution is 2.33. The minimum Gasteiger partial charge on any atom is -0.306 e. The van der Waals surface area contributed by atoms with Gasteiger partial charge in [0.1, 0.15) is 5.01 Å². The van der Waals surface area contributed by atoms with Crippen LogP contribution in [0.1, 0.15) is 10.6 Å². The molecule has 0 aliphatic carbocycles. The Balaban J connectivity index is 2.42. The molecule has 17 heavy (non-hydrogen) atoms. The minimum atomic E-state index is -4.34. The molecule has 6 heteroatoms. The Morgan fingerprint density at radius 3 is 2.65 bits per heavy atom. The van der Waals surface area contributed by atoms with Crippen LogP contribution in [0.4, 0.5) is 13.2 Å². The average Bonchev–Trinajstić information content (AvgIpc) is 2.76. The van der Waals surface area contributed by atoms with Crippen LogP contribution in [0.5, 0.6) is 0 Å². The minimum absolute atomic E-state index is 0.463. The van der Waals surface area contributed by atoms with Crippen molar-refractivity contribution in [3.63, 3.8) is 0 Å². The quantitative estimate of drug-likeness (QED) is 0.814. The molecule has 1 aromatic carbocycles. The van der Waals surface area contributed by atoms with Crippen molar-refractivity contribution < 1.29 is 13.2 Å². The summed E-state index contributed by atoms with van der Waals surface area (Å²) in [4.78, 5) is 4.52. The lowest BCUT2D eigenvalue weighted by atomic mass is 10.1. The molecule has 2 rings (SSSR count). The van der Waals surface area contributed by atoms with Crippen LogP contribution in [0.2, 0.25) is 0 Å². The molecule has 2 nitrogen and oxygen atoms in total. The van der Waals surface area contributed by atoms with Gasteiger partial charge in [0.25, 0.3) is 0 Å². The second kappa shape index (κ2) is 4.29. The number of aromatic nitrogens is 1. The summed E-state index contributed by atoms with van der Waals surface area (Å²) in [7, 11) is 0. The number of benzene rings is 1. The molecule has 1 heterocycles. The van der Waals surface area contributed by atoms with Crippen LogP contribution in [0, 0.1) is 5.41 Å². The van der Waals surface area contributed by atoms with Crippen molar-refractivity contribution in [3.8, 4) is 10.4 Å². The molecular weight excluding hydrogens is 249 g/mol. The zero-order valence-electron chi connectivity index (χ0n) is 8.45. The summed E-state index contributed by atoms with van der Waals surface area (Å²) in [5.41, 5.74) is -0.217. The Morgan fingerprint density at radius 2 is 2.06 bits per heavy atom. The van der Waals surface area contributed by atoms with Crippen molar-refractivity contribution in [1.82, 2.24) is 4.98 Å². The molecule has 0 saturated heterocycles. The maximum Gasteiger partial charge on any atom is 0.416 e. The zero-order valence-corrected chi connectivity index (χ0v) is 9.27. The number of hydrogen-bond donors (Lipinski definition) is 1. The van der Waals surface area contributed by atoms with Gasteiger partial charge in [0.05, 0.1) is 16.7 Å². The number of thiazole rings is 1. The molecule has 0 fully saturated rings. The van der Waals surface area contributed by atoms with Crippen molar-refractivity contribution >= 4 is 17.6 Å². The fourth-order valence-corrected chi connectivity index (χ4v) is 2.08. The predicted octanol–water partition coefficient (Wildman–Crippen LogP) is 3.83. The third-order valence-corrected chi connectivity index (χ3v) is 3.11. The largest absolute Gasteiger partial charge is 0.416 e. The van der Waals surface area contributed by atoms with E-state index in [9.17, 15) is 13.2 Å². The molecular formula is C11H7F3N2S. The molecule has 1 N–H and O–H groups in total. The van der Waals surface area contributed by atoms with Gasteiger partial charge in [-0.15, -0.1) is 11.3 Å². The van der Waals surface area contributed by atoms with Gasteiger partial charge in [0.15, 0.2) is 0 Å². The van der Waals surface area contributed by atoms with Gasteiger partial charge in [-0.3, -0.25) is 0 Å². The number of hydrogen-bond acceptors (Lipinski definition) is 3. The van der Waals surface area contributed by atoms with Gasteiger partial charge in [0, 0.05) is 6.20 Å². The zero-order chi connectivity index (χ0) is 12.5. The summed E-state index contributed by atoms with van der Waals surface area (Å²) in [5.74, 6) is 0. The molecule has 0 saturated carbocycles. The van der Waals surface area contributed by atoms with Gasteiger partial charge < -0.3 is 5.41 Å². The first-order chi connectivity index (χ1) is 8.00. The van der Waals surface area contributed by atoms with E-state index >= 15 is 0 Å². The van der Waals surface area contributed by atoms with E-state index < -0.39 is 11.7 Å². The number of alkyl halides is 3. The highest BCUT2D eigenvalue weighted by atomic mass is 32.1. The second-order valence-electron chi connectivity index (χ2n) is 3.29. The first-order valence-corrected chi connectivity index (χ1v) is 5.46. The lowest BCUT2D eigenvalue weighted by molar-refractivity contribution is -0.137. The standard InChI is InChI=1S/C11H7F3N2S/c12-11(13,14)8-3-1-2-7(4-8)9-6-16-10(5-15)17-9/h1-6,15H. The summed E-state index contributed by atoms with van der Waals surface area (Å²) in [6, 6.07) is 5.07. The number of nitrogens with one attached hydrogen (secondary N) is 1. The van der Waals surface area contributed by atoms with Crippen LogP contribution in [-0.2, 0) is 6.18 Å². The second-order valence-corrected chi connectivity index (χ2v) is 4.35. The highest BCUT2D eigenvalue weighted by molar-refractivity contribution is 7.16. The smallest absolute Gasteiger partial charge is 0.306 e. The van der Waals surface area contributed by atoms with E-state index in [0.717, 1.165) is 18.3 Å². The van der Waals surface area contributed by atoms with E-state index in [1.54, 1.807) is 6.07 Å². The van der Waals surface area contributed by atoms with Crippen molar-refractivity contribution in [2.75, 3.05) is 0 Å². The topological polar surface area (TPSA) is 36.7 Å². The maximum atomic E-state index is 12.5. The molecule has 88 valence electrons. The van der Waals surface area contributed by atoms with Crippen LogP contribution in [-0.4, -0.2) is 11.2 Å². The Bertz CT molecular complexity index is 546. The molecule has 2 aromatic rings. The predicted molar refractivity (Wildman–Crippen MR) is 60.4 cm³/mol. The Morgan fingerprint density at radius 1 is 1.29 bits per heavy atom. The van der Waals surface area contributed by atoms with Crippen LogP contribution in [0.3, 0.4) is 0 Å². The summed E-state index contributed by atoms with van der Waals surface area (Å²) in [6.45, 7) is 0. The van der Waals surface area contributed by atoms with Crippen molar-refractivity contribution in [2.24, 2.45) is 0 Å². The van der Waals surface area contributed by atoms with E-state index in [1.807, 2.05) is 0 Å². The van der Waals surface area contributed by atoms with E-state index in [4.69, 9.17) is 5.41 Å². The fraction of sp³-hybridized carbons (Fsp3) is 0.0909. The average molecular weight is 256 g/mol. The molecule has 0 amide bonds. The third kappa shape index (κ3) is 2.52. The van der Waals surface area contributed by atoms with Gasteiger partial charge in [-0.05, 0) is 17.7 Å². The Hall–Kier alpha value is -1.69. The number of rotatable bonds is 2. The van der Waals surface area contributed by atoms with Crippen molar-refractivity contribution in [2.45, 2.75) is 6.18 Å². The summed E-state index contributed by atoms with van der Waals surface area (Å²) >= 11 is 1.18. The third-order valence-electron chi connectivity index (χ3n) is 2.12. The summed E-state index contributed by atoms with van der Waals surface area (Å²) in [6.07, 6.45) is -1.80. The van der Waals surface area contributed by atoms with Crippen LogP contribution in [0.15, 0.2) is 30.5 Å². The van der Waals surface area contributed by atoms with Gasteiger partial charge in [-0.1, -0.05) is 12.1 Å². The van der Waals surface area contributed by atoms with Gasteiger partial charge in [0.2, 0.25) is 0 Å². The molecule has 0 aliphatic rings. The van der Waals surface area contributed by atoms with Crippen molar-refractivity contribution in [3.05, 3.63) is 41.0 Å². The first-order valence-electron chi connectivity index (χ1n) is 4.64. The maximum absolute atomic E-state index is 12.5. The number of halogens is 3. The summed E-state index contributed by atoms with van der Waals surface area (Å²) in [5, 5.41) is 7.47. The molecule has 0 unspecified atom stereocenters.